The molecule has 6 heteroatoms. The van der Waals surface area contributed by atoms with Crippen molar-refractivity contribution in [1.29, 1.82) is 0 Å². The largest absolute Gasteiger partial charge is 0.326 e. The van der Waals surface area contributed by atoms with Gasteiger partial charge in [-0.2, -0.15) is 0 Å². The van der Waals surface area contributed by atoms with Gasteiger partial charge in [-0.05, 0) is 54.3 Å². The molecule has 0 aromatic heterocycles. The third-order valence-corrected chi connectivity index (χ3v) is 5.04. The van der Waals surface area contributed by atoms with Crippen molar-refractivity contribution >= 4 is 27.3 Å². The van der Waals surface area contributed by atoms with E-state index < -0.39 is 10.0 Å². The van der Waals surface area contributed by atoms with Crippen molar-refractivity contribution in [3.05, 3.63) is 53.6 Å². The van der Waals surface area contributed by atoms with E-state index >= 15 is 0 Å². The van der Waals surface area contributed by atoms with Crippen LogP contribution >= 0.6 is 0 Å². The molecule has 0 atom stereocenters. The van der Waals surface area contributed by atoms with Gasteiger partial charge in [0.05, 0.1) is 4.90 Å². The van der Waals surface area contributed by atoms with Crippen molar-refractivity contribution in [2.75, 3.05) is 10.0 Å². The lowest BCUT2D eigenvalue weighted by Gasteiger charge is -2.12. The molecule has 0 saturated heterocycles. The molecule has 2 aromatic rings. The van der Waals surface area contributed by atoms with E-state index in [-0.39, 0.29) is 10.8 Å². The van der Waals surface area contributed by atoms with Gasteiger partial charge < -0.3 is 5.32 Å². The summed E-state index contributed by atoms with van der Waals surface area (Å²) in [4.78, 5) is 11.3. The molecule has 0 aliphatic carbocycles. The zero-order chi connectivity index (χ0) is 17.9. The van der Waals surface area contributed by atoms with Gasteiger partial charge in [0, 0.05) is 18.3 Å². The van der Waals surface area contributed by atoms with Crippen molar-refractivity contribution in [2.24, 2.45) is 0 Å². The minimum atomic E-state index is -3.65. The highest BCUT2D eigenvalue weighted by atomic mass is 32.2. The van der Waals surface area contributed by atoms with E-state index in [0.717, 1.165) is 11.1 Å². The first-order chi connectivity index (χ1) is 11.2. The summed E-state index contributed by atoms with van der Waals surface area (Å²) in [5.74, 6) is 0.176. The first kappa shape index (κ1) is 18.0. The standard InChI is InChI=1S/C18H22N2O3S/c1-12(2)15-5-8-17(9-6-15)24(22,23)20-16-7-10-18(13(3)11-16)19-14(4)21/h5-12,20H,1-4H3,(H,19,21). The topological polar surface area (TPSA) is 75.3 Å². The number of anilines is 2. The van der Waals surface area contributed by atoms with Gasteiger partial charge in [-0.1, -0.05) is 26.0 Å². The molecule has 0 heterocycles. The molecular weight excluding hydrogens is 324 g/mol. The lowest BCUT2D eigenvalue weighted by molar-refractivity contribution is -0.114. The fourth-order valence-electron chi connectivity index (χ4n) is 2.30. The molecule has 0 radical (unpaired) electrons. The maximum atomic E-state index is 12.5. The molecule has 2 N–H and O–H groups in total. The Kier molecular flexibility index (Phi) is 5.29. The van der Waals surface area contributed by atoms with Crippen molar-refractivity contribution in [2.45, 2.75) is 38.5 Å². The Balaban J connectivity index is 2.22. The molecule has 0 unspecified atom stereocenters. The van der Waals surface area contributed by atoms with E-state index in [1.807, 2.05) is 12.1 Å². The Morgan fingerprint density at radius 2 is 1.67 bits per heavy atom. The molecule has 5 nitrogen and oxygen atoms in total. The molecule has 0 bridgehead atoms. The van der Waals surface area contributed by atoms with Gasteiger partial charge in [-0.25, -0.2) is 8.42 Å². The lowest BCUT2D eigenvalue weighted by atomic mass is 10.0. The highest BCUT2D eigenvalue weighted by Crippen LogP contribution is 2.23. The highest BCUT2D eigenvalue weighted by Gasteiger charge is 2.15. The number of sulfonamides is 1. The number of hydrogen-bond donors (Lipinski definition) is 2. The number of carbonyl (C=O) groups is 1. The van der Waals surface area contributed by atoms with E-state index in [1.54, 1.807) is 37.3 Å². The van der Waals surface area contributed by atoms with Gasteiger partial charge in [-0.3, -0.25) is 9.52 Å². The summed E-state index contributed by atoms with van der Waals surface area (Å²) >= 11 is 0. The molecule has 0 spiro atoms. The van der Waals surface area contributed by atoms with E-state index in [4.69, 9.17) is 0 Å². The van der Waals surface area contributed by atoms with Crippen LogP contribution in [0.25, 0.3) is 0 Å². The third-order valence-electron chi connectivity index (χ3n) is 3.65. The first-order valence-electron chi connectivity index (χ1n) is 7.70. The number of hydrogen-bond acceptors (Lipinski definition) is 3. The van der Waals surface area contributed by atoms with Crippen molar-refractivity contribution in [1.82, 2.24) is 0 Å². The number of aryl methyl sites for hydroxylation is 1. The Bertz CT molecular complexity index is 841. The van der Waals surface area contributed by atoms with Gasteiger partial charge in [0.1, 0.15) is 0 Å². The minimum Gasteiger partial charge on any atom is -0.326 e. The highest BCUT2D eigenvalue weighted by molar-refractivity contribution is 7.92. The molecular formula is C18H22N2O3S. The van der Waals surface area contributed by atoms with Crippen LogP contribution in [0.3, 0.4) is 0 Å². The average Bonchev–Trinajstić information content (AvgIpc) is 2.49. The van der Waals surface area contributed by atoms with Crippen LogP contribution in [0, 0.1) is 6.92 Å². The molecule has 2 rings (SSSR count). The molecule has 24 heavy (non-hydrogen) atoms. The predicted octanol–water partition coefficient (Wildman–Crippen LogP) is 3.88. The van der Waals surface area contributed by atoms with E-state index in [0.29, 0.717) is 17.3 Å². The van der Waals surface area contributed by atoms with Crippen LogP contribution in [-0.4, -0.2) is 14.3 Å². The smallest absolute Gasteiger partial charge is 0.261 e. The number of benzene rings is 2. The van der Waals surface area contributed by atoms with Crippen LogP contribution < -0.4 is 10.0 Å². The maximum absolute atomic E-state index is 12.5. The summed E-state index contributed by atoms with van der Waals surface area (Å²) in [5.41, 5.74) is 2.98. The quantitative estimate of drug-likeness (QED) is 0.863. The second-order valence-corrected chi connectivity index (χ2v) is 7.72. The van der Waals surface area contributed by atoms with Crippen molar-refractivity contribution < 1.29 is 13.2 Å². The van der Waals surface area contributed by atoms with Gasteiger partial charge in [0.25, 0.3) is 10.0 Å². The summed E-state index contributed by atoms with van der Waals surface area (Å²) in [7, 11) is -3.65. The summed E-state index contributed by atoms with van der Waals surface area (Å²) in [5, 5.41) is 2.70. The second-order valence-electron chi connectivity index (χ2n) is 6.04. The zero-order valence-corrected chi connectivity index (χ0v) is 15.1. The molecule has 128 valence electrons. The molecule has 0 saturated carbocycles. The fraction of sp³-hybridized carbons (Fsp3) is 0.278. The summed E-state index contributed by atoms with van der Waals surface area (Å²) in [6.07, 6.45) is 0. The van der Waals surface area contributed by atoms with Crippen LogP contribution in [0.1, 0.15) is 37.8 Å². The first-order valence-corrected chi connectivity index (χ1v) is 9.18. The maximum Gasteiger partial charge on any atom is 0.261 e. The Morgan fingerprint density at radius 1 is 1.04 bits per heavy atom. The predicted molar refractivity (Wildman–Crippen MR) is 96.8 cm³/mol. The molecule has 0 aliphatic heterocycles. The van der Waals surface area contributed by atoms with Crippen molar-refractivity contribution in [3.8, 4) is 0 Å². The summed E-state index contributed by atoms with van der Waals surface area (Å²) in [6.45, 7) is 7.35. The molecule has 0 aliphatic rings. The lowest BCUT2D eigenvalue weighted by Crippen LogP contribution is -2.13. The van der Waals surface area contributed by atoms with Crippen LogP contribution in [0.4, 0.5) is 11.4 Å². The Morgan fingerprint density at radius 3 is 2.17 bits per heavy atom. The number of amides is 1. The fourth-order valence-corrected chi connectivity index (χ4v) is 3.35. The number of nitrogens with one attached hydrogen (secondary N) is 2. The SMILES string of the molecule is CC(=O)Nc1ccc(NS(=O)(=O)c2ccc(C(C)C)cc2)cc1C. The zero-order valence-electron chi connectivity index (χ0n) is 14.3. The Hall–Kier alpha value is -2.34. The van der Waals surface area contributed by atoms with Crippen LogP contribution in [0.15, 0.2) is 47.4 Å². The third kappa shape index (κ3) is 4.35. The van der Waals surface area contributed by atoms with E-state index in [2.05, 4.69) is 23.9 Å². The second kappa shape index (κ2) is 7.05. The van der Waals surface area contributed by atoms with Crippen LogP contribution in [-0.2, 0) is 14.8 Å². The molecule has 0 fully saturated rings. The van der Waals surface area contributed by atoms with Gasteiger partial charge >= 0.3 is 0 Å². The van der Waals surface area contributed by atoms with Gasteiger partial charge in [-0.15, -0.1) is 0 Å². The van der Waals surface area contributed by atoms with E-state index in [1.165, 1.54) is 6.92 Å². The summed E-state index contributed by atoms with van der Waals surface area (Å²) in [6, 6.07) is 11.8. The monoisotopic (exact) mass is 346 g/mol. The molecule has 1 amide bonds. The molecule has 2 aromatic carbocycles. The number of rotatable bonds is 5. The normalized spacial score (nSPS) is 11.4. The van der Waals surface area contributed by atoms with Crippen molar-refractivity contribution in [3.63, 3.8) is 0 Å². The van der Waals surface area contributed by atoms with Gasteiger partial charge in [0.15, 0.2) is 0 Å². The number of carbonyl (C=O) groups excluding carboxylic acids is 1. The van der Waals surface area contributed by atoms with Crippen LogP contribution in [0.2, 0.25) is 0 Å². The van der Waals surface area contributed by atoms with E-state index in [9.17, 15) is 13.2 Å². The Labute approximate surface area is 143 Å². The van der Waals surface area contributed by atoms with Crippen LogP contribution in [0.5, 0.6) is 0 Å². The van der Waals surface area contributed by atoms with Gasteiger partial charge in [0.2, 0.25) is 5.91 Å². The minimum absolute atomic E-state index is 0.170. The average molecular weight is 346 g/mol. The summed E-state index contributed by atoms with van der Waals surface area (Å²) < 4.78 is 27.5.